The van der Waals surface area contributed by atoms with E-state index in [1.807, 2.05) is 0 Å². The molecule has 21 heavy (non-hydrogen) atoms. The highest BCUT2D eigenvalue weighted by Crippen LogP contribution is 2.33. The van der Waals surface area contributed by atoms with Gasteiger partial charge in [-0.05, 0) is 34.1 Å². The SMILES string of the molecule is COC(=O)c1ccc([N+](=O)[O-])c(Oc2ccccc2Br)n1. The molecule has 0 fully saturated rings. The lowest BCUT2D eigenvalue weighted by molar-refractivity contribution is -0.386. The number of aromatic nitrogens is 1. The zero-order chi connectivity index (χ0) is 15.4. The first-order chi connectivity index (χ1) is 10.0. The Hall–Kier alpha value is -2.48. The second-order valence-electron chi connectivity index (χ2n) is 3.80. The van der Waals surface area contributed by atoms with Crippen LogP contribution in [0.5, 0.6) is 11.6 Å². The molecule has 0 saturated carbocycles. The van der Waals surface area contributed by atoms with Gasteiger partial charge in [0.1, 0.15) is 5.75 Å². The number of nitro groups is 1. The van der Waals surface area contributed by atoms with E-state index in [4.69, 9.17) is 4.74 Å². The Labute approximate surface area is 127 Å². The highest BCUT2D eigenvalue weighted by molar-refractivity contribution is 9.10. The second kappa shape index (κ2) is 6.31. The summed E-state index contributed by atoms with van der Waals surface area (Å²) in [6.07, 6.45) is 0. The Balaban J connectivity index is 2.46. The van der Waals surface area contributed by atoms with Gasteiger partial charge in [-0.3, -0.25) is 10.1 Å². The molecular formula is C13H9BrN2O5. The van der Waals surface area contributed by atoms with Crippen LogP contribution in [0.2, 0.25) is 0 Å². The molecular weight excluding hydrogens is 344 g/mol. The number of benzene rings is 1. The van der Waals surface area contributed by atoms with E-state index in [9.17, 15) is 14.9 Å². The Bertz CT molecular complexity index is 705. The first kappa shape index (κ1) is 14.9. The summed E-state index contributed by atoms with van der Waals surface area (Å²) in [5.41, 5.74) is -0.427. The van der Waals surface area contributed by atoms with Gasteiger partial charge in [-0.1, -0.05) is 12.1 Å². The Kier molecular flexibility index (Phi) is 4.49. The van der Waals surface area contributed by atoms with Gasteiger partial charge in [0.05, 0.1) is 16.5 Å². The summed E-state index contributed by atoms with van der Waals surface area (Å²) in [5, 5.41) is 11.0. The number of esters is 1. The van der Waals surface area contributed by atoms with Crippen molar-refractivity contribution in [3.63, 3.8) is 0 Å². The summed E-state index contributed by atoms with van der Waals surface area (Å²) < 4.78 is 10.6. The van der Waals surface area contributed by atoms with Gasteiger partial charge in [-0.25, -0.2) is 4.79 Å². The number of hydrogen-bond acceptors (Lipinski definition) is 6. The summed E-state index contributed by atoms with van der Waals surface area (Å²) in [4.78, 5) is 25.7. The minimum atomic E-state index is -0.707. The maximum absolute atomic E-state index is 11.4. The number of nitrogens with zero attached hydrogens (tertiary/aromatic N) is 2. The Morgan fingerprint density at radius 2 is 2.00 bits per heavy atom. The summed E-state index contributed by atoms with van der Waals surface area (Å²) in [6, 6.07) is 9.15. The Morgan fingerprint density at radius 3 is 2.62 bits per heavy atom. The van der Waals surface area contributed by atoms with E-state index in [2.05, 4.69) is 25.7 Å². The zero-order valence-electron chi connectivity index (χ0n) is 10.8. The summed E-state index contributed by atoms with van der Waals surface area (Å²) in [7, 11) is 1.19. The van der Waals surface area contributed by atoms with Gasteiger partial charge in [-0.2, -0.15) is 4.98 Å². The van der Waals surface area contributed by atoms with Crippen LogP contribution in [-0.4, -0.2) is 23.0 Å². The molecule has 0 aliphatic rings. The smallest absolute Gasteiger partial charge is 0.356 e. The van der Waals surface area contributed by atoms with Crippen LogP contribution < -0.4 is 4.74 Å². The third kappa shape index (κ3) is 3.34. The lowest BCUT2D eigenvalue weighted by atomic mass is 10.3. The lowest BCUT2D eigenvalue weighted by Crippen LogP contribution is -2.06. The number of ether oxygens (including phenoxy) is 2. The quantitative estimate of drug-likeness (QED) is 0.476. The molecule has 0 spiro atoms. The fraction of sp³-hybridized carbons (Fsp3) is 0.0769. The maximum atomic E-state index is 11.4. The molecule has 1 aromatic carbocycles. The van der Waals surface area contributed by atoms with Gasteiger partial charge in [-0.15, -0.1) is 0 Å². The van der Waals surface area contributed by atoms with Crippen molar-refractivity contribution in [1.29, 1.82) is 0 Å². The standard InChI is InChI=1S/C13H9BrN2O5/c1-20-13(17)9-6-7-10(16(18)19)12(15-9)21-11-5-3-2-4-8(11)14/h2-7H,1H3. The number of para-hydroxylation sites is 1. The summed E-state index contributed by atoms with van der Waals surface area (Å²) in [5.74, 6) is -0.646. The van der Waals surface area contributed by atoms with Crippen molar-refractivity contribution in [2.45, 2.75) is 0 Å². The van der Waals surface area contributed by atoms with E-state index in [0.717, 1.165) is 6.07 Å². The second-order valence-corrected chi connectivity index (χ2v) is 4.66. The molecule has 0 unspecified atom stereocenters. The first-order valence-corrected chi connectivity index (χ1v) is 6.48. The molecule has 0 bridgehead atoms. The molecule has 1 heterocycles. The molecule has 8 heteroatoms. The molecule has 0 saturated heterocycles. The van der Waals surface area contributed by atoms with Crippen LogP contribution in [0.3, 0.4) is 0 Å². The first-order valence-electron chi connectivity index (χ1n) is 5.69. The van der Waals surface area contributed by atoms with E-state index < -0.39 is 10.9 Å². The van der Waals surface area contributed by atoms with Crippen LogP contribution >= 0.6 is 15.9 Å². The van der Waals surface area contributed by atoms with Crippen LogP contribution in [0.25, 0.3) is 0 Å². The molecule has 0 aliphatic carbocycles. The van der Waals surface area contributed by atoms with Gasteiger partial charge in [0.25, 0.3) is 0 Å². The maximum Gasteiger partial charge on any atom is 0.356 e. The minimum Gasteiger partial charge on any atom is -0.464 e. The number of rotatable bonds is 4. The van der Waals surface area contributed by atoms with Crippen molar-refractivity contribution in [2.75, 3.05) is 7.11 Å². The predicted molar refractivity (Wildman–Crippen MR) is 76.4 cm³/mol. The topological polar surface area (TPSA) is 91.6 Å². The monoisotopic (exact) mass is 352 g/mol. The molecule has 1 aromatic heterocycles. The minimum absolute atomic E-state index is 0.0786. The highest BCUT2D eigenvalue weighted by atomic mass is 79.9. The summed E-state index contributed by atoms with van der Waals surface area (Å²) in [6.45, 7) is 0. The molecule has 108 valence electrons. The number of carbonyl (C=O) groups excluding carboxylic acids is 1. The van der Waals surface area contributed by atoms with Crippen molar-refractivity contribution < 1.29 is 19.2 Å². The lowest BCUT2D eigenvalue weighted by Gasteiger charge is -2.08. The van der Waals surface area contributed by atoms with Crippen molar-refractivity contribution in [1.82, 2.24) is 4.98 Å². The van der Waals surface area contributed by atoms with Crippen LogP contribution in [-0.2, 0) is 4.74 Å². The van der Waals surface area contributed by atoms with Crippen LogP contribution in [0.4, 0.5) is 5.69 Å². The molecule has 0 amide bonds. The largest absolute Gasteiger partial charge is 0.464 e. The van der Waals surface area contributed by atoms with Gasteiger partial charge in [0.15, 0.2) is 5.69 Å². The van der Waals surface area contributed by atoms with E-state index in [1.165, 1.54) is 13.2 Å². The molecule has 0 aliphatic heterocycles. The Morgan fingerprint density at radius 1 is 1.29 bits per heavy atom. The number of pyridine rings is 1. The fourth-order valence-corrected chi connectivity index (χ4v) is 1.86. The molecule has 7 nitrogen and oxygen atoms in total. The number of carbonyl (C=O) groups is 1. The molecule has 0 N–H and O–H groups in total. The number of halogens is 1. The number of hydrogen-bond donors (Lipinski definition) is 0. The van der Waals surface area contributed by atoms with Crippen molar-refractivity contribution in [3.8, 4) is 11.6 Å². The average Bonchev–Trinajstić information content (AvgIpc) is 2.48. The average molecular weight is 353 g/mol. The molecule has 0 atom stereocenters. The summed E-state index contributed by atoms with van der Waals surface area (Å²) >= 11 is 3.26. The van der Waals surface area contributed by atoms with Gasteiger partial charge in [0.2, 0.25) is 0 Å². The van der Waals surface area contributed by atoms with Gasteiger partial charge in [0, 0.05) is 6.07 Å². The molecule has 0 radical (unpaired) electrons. The van der Waals surface area contributed by atoms with E-state index >= 15 is 0 Å². The van der Waals surface area contributed by atoms with Crippen LogP contribution in [0.15, 0.2) is 40.9 Å². The number of methoxy groups -OCH3 is 1. The van der Waals surface area contributed by atoms with E-state index in [-0.39, 0.29) is 17.3 Å². The van der Waals surface area contributed by atoms with E-state index in [1.54, 1.807) is 24.3 Å². The van der Waals surface area contributed by atoms with E-state index in [0.29, 0.717) is 10.2 Å². The van der Waals surface area contributed by atoms with Crippen LogP contribution in [0, 0.1) is 10.1 Å². The molecule has 2 rings (SSSR count). The van der Waals surface area contributed by atoms with Gasteiger partial charge >= 0.3 is 17.5 Å². The third-order valence-corrected chi connectivity index (χ3v) is 3.13. The predicted octanol–water partition coefficient (Wildman–Crippen LogP) is 3.33. The highest BCUT2D eigenvalue weighted by Gasteiger charge is 2.21. The van der Waals surface area contributed by atoms with Gasteiger partial charge < -0.3 is 9.47 Å². The van der Waals surface area contributed by atoms with Crippen molar-refractivity contribution in [2.24, 2.45) is 0 Å². The van der Waals surface area contributed by atoms with Crippen molar-refractivity contribution in [3.05, 3.63) is 56.7 Å². The van der Waals surface area contributed by atoms with Crippen LogP contribution in [0.1, 0.15) is 10.5 Å². The normalized spacial score (nSPS) is 10.0. The third-order valence-electron chi connectivity index (χ3n) is 2.47. The molecule has 2 aromatic rings. The van der Waals surface area contributed by atoms with Crippen molar-refractivity contribution >= 4 is 27.6 Å². The zero-order valence-corrected chi connectivity index (χ0v) is 12.4. The fourth-order valence-electron chi connectivity index (χ4n) is 1.50.